The summed E-state index contributed by atoms with van der Waals surface area (Å²) in [6.45, 7) is 3.79. The van der Waals surface area contributed by atoms with Crippen molar-refractivity contribution in [1.29, 1.82) is 0 Å². The lowest BCUT2D eigenvalue weighted by molar-refractivity contribution is -0.120. The van der Waals surface area contributed by atoms with E-state index < -0.39 is 12.1 Å². The van der Waals surface area contributed by atoms with Gasteiger partial charge in [-0.2, -0.15) is 0 Å². The second-order valence-electron chi connectivity index (χ2n) is 10.2. The number of benzene rings is 2. The van der Waals surface area contributed by atoms with E-state index in [1.54, 1.807) is 37.5 Å². The second-order valence-corrected chi connectivity index (χ2v) is 10.6. The van der Waals surface area contributed by atoms with Crippen LogP contribution < -0.4 is 10.1 Å². The largest absolute Gasteiger partial charge is 0.501 e. The third-order valence-corrected chi connectivity index (χ3v) is 7.36. The maximum atomic E-state index is 14.4. The van der Waals surface area contributed by atoms with Gasteiger partial charge in [0.2, 0.25) is 5.91 Å². The lowest BCUT2D eigenvalue weighted by Crippen LogP contribution is -2.49. The number of amidine groups is 1. The number of urea groups is 1. The van der Waals surface area contributed by atoms with Crippen LogP contribution in [0.5, 0.6) is 5.75 Å². The number of carbonyl (C=O) groups is 2. The van der Waals surface area contributed by atoms with Crippen LogP contribution in [-0.4, -0.2) is 54.4 Å². The zero-order valence-electron chi connectivity index (χ0n) is 23.5. The zero-order chi connectivity index (χ0) is 29.1. The molecule has 2 aliphatic heterocycles. The van der Waals surface area contributed by atoms with Crippen molar-refractivity contribution in [3.05, 3.63) is 100 Å². The first-order valence-electron chi connectivity index (χ1n) is 13.5. The van der Waals surface area contributed by atoms with Crippen molar-refractivity contribution in [2.45, 2.75) is 44.9 Å². The van der Waals surface area contributed by atoms with Crippen LogP contribution in [0.4, 0.5) is 4.79 Å². The van der Waals surface area contributed by atoms with E-state index in [4.69, 9.17) is 30.8 Å². The van der Waals surface area contributed by atoms with Gasteiger partial charge in [0.05, 0.1) is 32.1 Å². The Morgan fingerprint density at radius 2 is 1.73 bits per heavy atom. The number of nitrogens with one attached hydrogen (secondary N) is 1. The van der Waals surface area contributed by atoms with E-state index in [1.165, 1.54) is 11.1 Å². The zero-order valence-corrected chi connectivity index (χ0v) is 24.2. The van der Waals surface area contributed by atoms with Crippen LogP contribution in [0.2, 0.25) is 5.02 Å². The molecule has 5 rings (SSSR count). The number of amides is 3. The summed E-state index contributed by atoms with van der Waals surface area (Å²) < 4.78 is 17.2. The van der Waals surface area contributed by atoms with Gasteiger partial charge in [0.25, 0.3) is 0 Å². The van der Waals surface area contributed by atoms with Crippen molar-refractivity contribution in [2.24, 2.45) is 4.99 Å². The lowest BCUT2D eigenvalue weighted by Gasteiger charge is -2.34. The molecule has 3 aliphatic rings. The Bertz CT molecular complexity index is 1430. The van der Waals surface area contributed by atoms with E-state index in [9.17, 15) is 9.59 Å². The molecular formula is C31H33ClN4O5. The fraction of sp³-hybridized carbons (Fsp3) is 0.323. The number of nitrogens with zero attached hydrogens (tertiary/aromatic N) is 3. The van der Waals surface area contributed by atoms with Crippen LogP contribution in [0.3, 0.4) is 0 Å². The topological polar surface area (TPSA) is 92.7 Å². The van der Waals surface area contributed by atoms with Gasteiger partial charge in [0.15, 0.2) is 0 Å². The van der Waals surface area contributed by atoms with E-state index in [-0.39, 0.29) is 24.6 Å². The number of hydrogen-bond donors (Lipinski definition) is 1. The number of methoxy groups -OCH3 is 2. The minimum atomic E-state index is -0.526. The number of allylic oxidation sites excluding steroid dienone is 2. The summed E-state index contributed by atoms with van der Waals surface area (Å²) in [5.74, 6) is 2.34. The number of carbonyl (C=O) groups excluding carboxylic acids is 2. The molecule has 3 amide bonds. The van der Waals surface area contributed by atoms with Crippen LogP contribution in [0.15, 0.2) is 89.1 Å². The van der Waals surface area contributed by atoms with E-state index in [0.717, 1.165) is 28.2 Å². The number of aliphatic imine (C=N–C) groups is 1. The van der Waals surface area contributed by atoms with Crippen LogP contribution in [0, 0.1) is 0 Å². The van der Waals surface area contributed by atoms with Crippen molar-refractivity contribution in [3.8, 4) is 5.75 Å². The molecule has 0 bridgehead atoms. The van der Waals surface area contributed by atoms with E-state index in [1.807, 2.05) is 56.3 Å². The number of ether oxygens (including phenoxy) is 3. The third kappa shape index (κ3) is 5.95. The smallest absolute Gasteiger partial charge is 0.330 e. The number of rotatable bonds is 7. The molecule has 0 radical (unpaired) electrons. The monoisotopic (exact) mass is 576 g/mol. The molecule has 41 heavy (non-hydrogen) atoms. The predicted molar refractivity (Wildman–Crippen MR) is 156 cm³/mol. The molecule has 2 unspecified atom stereocenters. The number of halogens is 1. The van der Waals surface area contributed by atoms with Crippen molar-refractivity contribution in [2.75, 3.05) is 20.8 Å². The average molecular weight is 577 g/mol. The summed E-state index contributed by atoms with van der Waals surface area (Å²) in [4.78, 5) is 35.0. The first-order valence-corrected chi connectivity index (χ1v) is 13.8. The summed E-state index contributed by atoms with van der Waals surface area (Å²) in [7, 11) is 3.25. The Kier molecular flexibility index (Phi) is 8.35. The highest BCUT2D eigenvalue weighted by Crippen LogP contribution is 2.46. The van der Waals surface area contributed by atoms with Gasteiger partial charge in [0, 0.05) is 35.5 Å². The molecule has 214 valence electrons. The molecule has 9 nitrogen and oxygen atoms in total. The van der Waals surface area contributed by atoms with Gasteiger partial charge < -0.3 is 19.5 Å². The molecule has 10 heteroatoms. The molecule has 0 spiro atoms. The Balaban J connectivity index is 1.71. The van der Waals surface area contributed by atoms with Gasteiger partial charge in [-0.15, -0.1) is 0 Å². The van der Waals surface area contributed by atoms with Gasteiger partial charge >= 0.3 is 6.03 Å². The van der Waals surface area contributed by atoms with Crippen LogP contribution in [0.1, 0.15) is 49.9 Å². The van der Waals surface area contributed by atoms with Gasteiger partial charge in [-0.1, -0.05) is 35.9 Å². The number of hydrogen-bond acceptors (Lipinski definition) is 6. The molecule has 2 atom stereocenters. The van der Waals surface area contributed by atoms with E-state index in [2.05, 4.69) is 5.32 Å². The maximum Gasteiger partial charge on any atom is 0.330 e. The van der Waals surface area contributed by atoms with Crippen LogP contribution in [-0.2, 0) is 14.3 Å². The second kappa shape index (κ2) is 12.1. The van der Waals surface area contributed by atoms with Crippen LogP contribution >= 0.6 is 11.6 Å². The molecule has 0 saturated carbocycles. The van der Waals surface area contributed by atoms with Gasteiger partial charge in [0.1, 0.15) is 29.9 Å². The molecule has 1 N–H and O–H groups in total. The molecule has 2 aromatic carbocycles. The van der Waals surface area contributed by atoms with E-state index >= 15 is 0 Å². The summed E-state index contributed by atoms with van der Waals surface area (Å²) in [5.41, 5.74) is 2.55. The van der Waals surface area contributed by atoms with Crippen molar-refractivity contribution >= 4 is 29.4 Å². The first-order chi connectivity index (χ1) is 19.8. The fourth-order valence-corrected chi connectivity index (χ4v) is 5.31. The highest BCUT2D eigenvalue weighted by Gasteiger charge is 2.45. The normalized spacial score (nSPS) is 20.6. The Morgan fingerprint density at radius 1 is 1.02 bits per heavy atom. The van der Waals surface area contributed by atoms with Crippen molar-refractivity contribution in [3.63, 3.8) is 0 Å². The Labute approximate surface area is 244 Å². The van der Waals surface area contributed by atoms with Crippen molar-refractivity contribution in [1.82, 2.24) is 15.1 Å². The molecule has 0 aromatic heterocycles. The van der Waals surface area contributed by atoms with Gasteiger partial charge in [-0.25, -0.2) is 4.79 Å². The minimum Gasteiger partial charge on any atom is -0.501 e. The van der Waals surface area contributed by atoms with Crippen molar-refractivity contribution < 1.29 is 23.8 Å². The molecule has 2 aromatic rings. The maximum absolute atomic E-state index is 14.4. The summed E-state index contributed by atoms with van der Waals surface area (Å²) >= 11 is 6.26. The summed E-state index contributed by atoms with van der Waals surface area (Å²) in [6, 6.07) is 13.7. The first kappa shape index (κ1) is 28.3. The van der Waals surface area contributed by atoms with Crippen LogP contribution in [0.25, 0.3) is 0 Å². The SMILES string of the molecule is COC1=CC(OC(C)C)=C(C2=NC(c3ccc(OC)cc3)C(c3ccc(Cl)cc3)N2C(=O)N2C=CNC(=O)C2)CC1. The molecule has 2 heterocycles. The Morgan fingerprint density at radius 3 is 2.37 bits per heavy atom. The average Bonchev–Trinajstić information content (AvgIpc) is 3.37. The predicted octanol–water partition coefficient (Wildman–Crippen LogP) is 5.87. The summed E-state index contributed by atoms with van der Waals surface area (Å²) in [5, 5.41) is 3.21. The quantitative estimate of drug-likeness (QED) is 0.445. The highest BCUT2D eigenvalue weighted by atomic mass is 35.5. The molecule has 0 fully saturated rings. The van der Waals surface area contributed by atoms with Gasteiger partial charge in [-0.05, 0) is 55.7 Å². The molecular weight excluding hydrogens is 544 g/mol. The fourth-order valence-electron chi connectivity index (χ4n) is 5.18. The van der Waals surface area contributed by atoms with Gasteiger partial charge in [-0.3, -0.25) is 19.6 Å². The molecule has 0 saturated heterocycles. The third-order valence-electron chi connectivity index (χ3n) is 7.11. The standard InChI is InChI=1S/C31H33ClN4O5/c1-19(2)41-26-17-24(40-4)13-14-25(26)30-34-28(20-7-11-23(39-3)12-8-20)29(21-5-9-22(32)10-6-21)36(30)31(38)35-16-15-33-27(37)18-35/h5-12,15-17,19,28-29H,13-14,18H2,1-4H3,(H,33,37). The molecule has 1 aliphatic carbocycles. The van der Waals surface area contributed by atoms with E-state index in [0.29, 0.717) is 29.5 Å². The summed E-state index contributed by atoms with van der Waals surface area (Å²) in [6.07, 6.45) is 5.99. The minimum absolute atomic E-state index is 0.109. The lowest BCUT2D eigenvalue weighted by atomic mass is 9.93. The highest BCUT2D eigenvalue weighted by molar-refractivity contribution is 6.30. The Hall–Kier alpha value is -4.24.